The Bertz CT molecular complexity index is 260. The van der Waals surface area contributed by atoms with Gasteiger partial charge in [-0.25, -0.2) is 0 Å². The average Bonchev–Trinajstić information content (AvgIpc) is 2.49. The maximum absolute atomic E-state index is 6.23. The molecular formula is C15H31BO2. The fourth-order valence-electron chi connectivity index (χ4n) is 2.37. The largest absolute Gasteiger partial charge is 0.464 e. The highest BCUT2D eigenvalue weighted by Gasteiger charge is 2.56. The molecule has 1 atom stereocenters. The van der Waals surface area contributed by atoms with Gasteiger partial charge in [0.1, 0.15) is 0 Å². The molecule has 106 valence electrons. The molecule has 0 spiro atoms. The Kier molecular flexibility index (Phi) is 4.94. The molecule has 0 aromatic rings. The SMILES string of the molecule is CCCCCC(C)(CC)B1OC(C)(C)C(C)(C)O1. The average molecular weight is 254 g/mol. The van der Waals surface area contributed by atoms with E-state index in [-0.39, 0.29) is 23.6 Å². The Morgan fingerprint density at radius 3 is 1.83 bits per heavy atom. The lowest BCUT2D eigenvalue weighted by atomic mass is 9.55. The first kappa shape index (κ1) is 16.0. The highest BCUT2D eigenvalue weighted by Crippen LogP contribution is 2.49. The maximum Gasteiger partial charge on any atom is 0.464 e. The third kappa shape index (κ3) is 3.11. The molecule has 0 saturated carbocycles. The number of unbranched alkanes of at least 4 members (excludes halogenated alkanes) is 2. The van der Waals surface area contributed by atoms with E-state index in [0.717, 1.165) is 6.42 Å². The van der Waals surface area contributed by atoms with Gasteiger partial charge < -0.3 is 9.31 Å². The lowest BCUT2D eigenvalue weighted by molar-refractivity contribution is 0.00578. The second-order valence-corrected chi connectivity index (χ2v) is 7.05. The van der Waals surface area contributed by atoms with Crippen LogP contribution in [0.3, 0.4) is 0 Å². The molecule has 2 nitrogen and oxygen atoms in total. The minimum Gasteiger partial charge on any atom is -0.403 e. The van der Waals surface area contributed by atoms with Gasteiger partial charge in [0, 0.05) is 5.31 Å². The molecule has 1 fully saturated rings. The summed E-state index contributed by atoms with van der Waals surface area (Å²) in [5.41, 5.74) is -0.419. The van der Waals surface area contributed by atoms with E-state index in [9.17, 15) is 0 Å². The summed E-state index contributed by atoms with van der Waals surface area (Å²) in [5, 5.41) is 0.139. The predicted octanol–water partition coefficient (Wildman–Crippen LogP) is 4.83. The van der Waals surface area contributed by atoms with Crippen LogP contribution >= 0.6 is 0 Å². The van der Waals surface area contributed by atoms with Gasteiger partial charge in [-0.2, -0.15) is 0 Å². The predicted molar refractivity (Wildman–Crippen MR) is 78.9 cm³/mol. The van der Waals surface area contributed by atoms with Crippen molar-refractivity contribution in [3.8, 4) is 0 Å². The van der Waals surface area contributed by atoms with Crippen LogP contribution in [0.5, 0.6) is 0 Å². The summed E-state index contributed by atoms with van der Waals surface area (Å²) in [6.45, 7) is 15.3. The van der Waals surface area contributed by atoms with Crippen LogP contribution in [-0.2, 0) is 9.31 Å². The first-order valence-electron chi connectivity index (χ1n) is 7.54. The first-order valence-corrected chi connectivity index (χ1v) is 7.54. The molecule has 0 bridgehead atoms. The molecule has 0 aromatic carbocycles. The summed E-state index contributed by atoms with van der Waals surface area (Å²) >= 11 is 0. The van der Waals surface area contributed by atoms with E-state index in [1.807, 2.05) is 0 Å². The van der Waals surface area contributed by atoms with Gasteiger partial charge in [-0.15, -0.1) is 0 Å². The van der Waals surface area contributed by atoms with Gasteiger partial charge in [-0.1, -0.05) is 46.5 Å². The summed E-state index contributed by atoms with van der Waals surface area (Å²) in [5.74, 6) is 0. The van der Waals surface area contributed by atoms with Crippen LogP contribution in [0, 0.1) is 0 Å². The molecule has 0 amide bonds. The zero-order chi connectivity index (χ0) is 14.0. The van der Waals surface area contributed by atoms with Crippen molar-refractivity contribution in [2.75, 3.05) is 0 Å². The lowest BCUT2D eigenvalue weighted by Crippen LogP contribution is -2.41. The quantitative estimate of drug-likeness (QED) is 0.499. The van der Waals surface area contributed by atoms with Crippen molar-refractivity contribution in [3.63, 3.8) is 0 Å². The third-order valence-corrected chi connectivity index (χ3v) is 4.98. The van der Waals surface area contributed by atoms with Crippen LogP contribution in [0.4, 0.5) is 0 Å². The number of hydrogen-bond acceptors (Lipinski definition) is 2. The van der Waals surface area contributed by atoms with Crippen molar-refractivity contribution in [1.82, 2.24) is 0 Å². The minimum atomic E-state index is -0.209. The molecule has 18 heavy (non-hydrogen) atoms. The topological polar surface area (TPSA) is 18.5 Å². The molecule has 1 unspecified atom stereocenters. The fourth-order valence-corrected chi connectivity index (χ4v) is 2.37. The van der Waals surface area contributed by atoms with Crippen molar-refractivity contribution < 1.29 is 9.31 Å². The van der Waals surface area contributed by atoms with Gasteiger partial charge in [0.2, 0.25) is 0 Å². The molecular weight excluding hydrogens is 223 g/mol. The standard InChI is InChI=1S/C15H31BO2/c1-8-10-11-12-15(7,9-2)16-17-13(3,4)14(5,6)18-16/h8-12H2,1-7H3. The molecule has 0 aromatic heterocycles. The molecule has 0 N–H and O–H groups in total. The Morgan fingerprint density at radius 1 is 0.944 bits per heavy atom. The third-order valence-electron chi connectivity index (χ3n) is 4.98. The van der Waals surface area contributed by atoms with Crippen LogP contribution in [0.2, 0.25) is 5.31 Å². The van der Waals surface area contributed by atoms with Crippen molar-refractivity contribution in [1.29, 1.82) is 0 Å². The van der Waals surface area contributed by atoms with E-state index in [4.69, 9.17) is 9.31 Å². The smallest absolute Gasteiger partial charge is 0.403 e. The maximum atomic E-state index is 6.23. The number of hydrogen-bond donors (Lipinski definition) is 0. The Morgan fingerprint density at radius 2 is 1.44 bits per heavy atom. The Labute approximate surface area is 114 Å². The second-order valence-electron chi connectivity index (χ2n) is 7.05. The van der Waals surface area contributed by atoms with Gasteiger partial charge >= 0.3 is 7.12 Å². The summed E-state index contributed by atoms with van der Waals surface area (Å²) < 4.78 is 12.5. The van der Waals surface area contributed by atoms with Crippen LogP contribution in [0.1, 0.15) is 80.6 Å². The normalized spacial score (nSPS) is 25.2. The van der Waals surface area contributed by atoms with E-state index in [2.05, 4.69) is 48.5 Å². The van der Waals surface area contributed by atoms with Gasteiger partial charge in [0.05, 0.1) is 11.2 Å². The lowest BCUT2D eigenvalue weighted by Gasteiger charge is -2.32. The fraction of sp³-hybridized carbons (Fsp3) is 1.00. The summed E-state index contributed by atoms with van der Waals surface area (Å²) in [4.78, 5) is 0. The molecule has 0 aliphatic carbocycles. The van der Waals surface area contributed by atoms with Crippen LogP contribution in [0.25, 0.3) is 0 Å². The zero-order valence-electron chi connectivity index (χ0n) is 13.4. The summed E-state index contributed by atoms with van der Waals surface area (Å²) in [6, 6.07) is 0. The molecule has 1 aliphatic heterocycles. The van der Waals surface area contributed by atoms with E-state index in [1.54, 1.807) is 0 Å². The van der Waals surface area contributed by atoms with Crippen molar-refractivity contribution >= 4 is 7.12 Å². The highest BCUT2D eigenvalue weighted by atomic mass is 16.7. The van der Waals surface area contributed by atoms with E-state index in [0.29, 0.717) is 0 Å². The summed E-state index contributed by atoms with van der Waals surface area (Å²) in [7, 11) is -0.0654. The van der Waals surface area contributed by atoms with Gasteiger partial charge in [0.15, 0.2) is 0 Å². The van der Waals surface area contributed by atoms with Gasteiger partial charge in [-0.05, 0) is 34.1 Å². The second kappa shape index (κ2) is 5.54. The molecule has 1 saturated heterocycles. The van der Waals surface area contributed by atoms with Crippen LogP contribution in [-0.4, -0.2) is 18.3 Å². The van der Waals surface area contributed by atoms with Gasteiger partial charge in [0.25, 0.3) is 0 Å². The summed E-state index contributed by atoms with van der Waals surface area (Å²) in [6.07, 6.45) is 6.13. The van der Waals surface area contributed by atoms with E-state index < -0.39 is 0 Å². The molecule has 1 aliphatic rings. The van der Waals surface area contributed by atoms with Crippen LogP contribution < -0.4 is 0 Å². The Hall–Kier alpha value is -0.0151. The minimum absolute atomic E-state index is 0.0654. The van der Waals surface area contributed by atoms with Crippen molar-refractivity contribution in [2.45, 2.75) is 97.1 Å². The van der Waals surface area contributed by atoms with Crippen molar-refractivity contribution in [3.05, 3.63) is 0 Å². The molecule has 0 radical (unpaired) electrons. The molecule has 1 heterocycles. The van der Waals surface area contributed by atoms with Crippen LogP contribution in [0.15, 0.2) is 0 Å². The number of rotatable bonds is 6. The van der Waals surface area contributed by atoms with E-state index in [1.165, 1.54) is 25.7 Å². The zero-order valence-corrected chi connectivity index (χ0v) is 13.4. The first-order chi connectivity index (χ1) is 8.18. The monoisotopic (exact) mass is 254 g/mol. The Balaban J connectivity index is 2.73. The highest BCUT2D eigenvalue weighted by molar-refractivity contribution is 6.49. The van der Waals surface area contributed by atoms with Crippen molar-refractivity contribution in [2.24, 2.45) is 0 Å². The molecule has 3 heteroatoms. The van der Waals surface area contributed by atoms with Gasteiger partial charge in [-0.3, -0.25) is 0 Å². The molecule has 1 rings (SSSR count). The van der Waals surface area contributed by atoms with E-state index >= 15 is 0 Å².